The van der Waals surface area contributed by atoms with E-state index < -0.39 is 5.54 Å². The van der Waals surface area contributed by atoms with Crippen LogP contribution < -0.4 is 5.32 Å². The fourth-order valence-corrected chi connectivity index (χ4v) is 3.48. The lowest BCUT2D eigenvalue weighted by molar-refractivity contribution is -0.181. The minimum absolute atomic E-state index is 0.00805. The third-order valence-corrected chi connectivity index (χ3v) is 5.20. The molecule has 0 heterocycles. The topological polar surface area (TPSA) is 61.7 Å². The van der Waals surface area contributed by atoms with Gasteiger partial charge in [-0.2, -0.15) is 0 Å². The van der Waals surface area contributed by atoms with Crippen LogP contribution in [0, 0.1) is 5.41 Å². The second kappa shape index (κ2) is 5.45. The summed E-state index contributed by atoms with van der Waals surface area (Å²) in [5.74, 6) is 0. The van der Waals surface area contributed by atoms with E-state index in [1.54, 1.807) is 0 Å². The molecule has 3 N–H and O–H groups in total. The molecule has 2 aliphatic rings. The molecule has 4 heteroatoms. The van der Waals surface area contributed by atoms with Crippen LogP contribution in [0.1, 0.15) is 46.0 Å². The number of ether oxygens (including phenoxy) is 1. The van der Waals surface area contributed by atoms with E-state index in [1.165, 1.54) is 19.3 Å². The normalized spacial score (nSPS) is 30.0. The lowest BCUT2D eigenvalue weighted by Crippen LogP contribution is -2.71. The Morgan fingerprint density at radius 3 is 2.33 bits per heavy atom. The van der Waals surface area contributed by atoms with Crippen LogP contribution in [-0.4, -0.2) is 47.7 Å². The van der Waals surface area contributed by atoms with Gasteiger partial charge in [-0.15, -0.1) is 0 Å². The van der Waals surface area contributed by atoms with Crippen LogP contribution in [-0.2, 0) is 4.74 Å². The Morgan fingerprint density at radius 1 is 1.28 bits per heavy atom. The van der Waals surface area contributed by atoms with Gasteiger partial charge in [0.05, 0.1) is 24.9 Å². The van der Waals surface area contributed by atoms with Gasteiger partial charge in [0.25, 0.3) is 0 Å². The highest BCUT2D eigenvalue weighted by atomic mass is 16.5. The summed E-state index contributed by atoms with van der Waals surface area (Å²) < 4.78 is 5.82. The predicted octanol–water partition coefficient (Wildman–Crippen LogP) is 1.06. The fraction of sp³-hybridized carbons (Fsp3) is 1.00. The van der Waals surface area contributed by atoms with Gasteiger partial charge in [0.15, 0.2) is 0 Å². The van der Waals surface area contributed by atoms with Gasteiger partial charge in [0.2, 0.25) is 0 Å². The van der Waals surface area contributed by atoms with Crippen molar-refractivity contribution in [3.8, 4) is 0 Å². The van der Waals surface area contributed by atoms with Gasteiger partial charge in [-0.3, -0.25) is 0 Å². The molecule has 0 aliphatic heterocycles. The number of hydrogen-bond donors (Lipinski definition) is 3. The zero-order chi connectivity index (χ0) is 13.2. The Kier molecular flexibility index (Phi) is 4.32. The molecule has 2 saturated carbocycles. The number of aliphatic hydroxyl groups is 2. The standard InChI is InChI=1S/C14H27NO3/c1-3-13(9-16,10-17)15-11-8-12(18-4-2)14(11)6-5-7-14/h11-12,15-17H,3-10H2,1-2H3. The average Bonchev–Trinajstić information content (AvgIpc) is 2.32. The van der Waals surface area contributed by atoms with Crippen LogP contribution in [0.5, 0.6) is 0 Å². The molecule has 0 aromatic heterocycles. The predicted molar refractivity (Wildman–Crippen MR) is 70.4 cm³/mol. The maximum atomic E-state index is 9.52. The molecule has 2 aliphatic carbocycles. The third-order valence-electron chi connectivity index (χ3n) is 5.20. The van der Waals surface area contributed by atoms with Gasteiger partial charge < -0.3 is 20.3 Å². The number of aliphatic hydroxyl groups excluding tert-OH is 2. The maximum Gasteiger partial charge on any atom is 0.0661 e. The Labute approximate surface area is 110 Å². The first kappa shape index (κ1) is 14.3. The summed E-state index contributed by atoms with van der Waals surface area (Å²) in [5.41, 5.74) is -0.245. The van der Waals surface area contributed by atoms with Gasteiger partial charge in [-0.05, 0) is 32.6 Å². The molecule has 4 nitrogen and oxygen atoms in total. The zero-order valence-corrected chi connectivity index (χ0v) is 11.6. The van der Waals surface area contributed by atoms with Crippen molar-refractivity contribution in [2.45, 2.75) is 63.6 Å². The summed E-state index contributed by atoms with van der Waals surface area (Å²) in [5, 5.41) is 22.6. The molecular formula is C14H27NO3. The van der Waals surface area contributed by atoms with E-state index in [-0.39, 0.29) is 18.6 Å². The summed E-state index contributed by atoms with van der Waals surface area (Å²) in [6, 6.07) is 0.391. The van der Waals surface area contributed by atoms with E-state index in [2.05, 4.69) is 5.32 Å². The minimum Gasteiger partial charge on any atom is -0.394 e. The largest absolute Gasteiger partial charge is 0.394 e. The van der Waals surface area contributed by atoms with Crippen LogP contribution in [0.15, 0.2) is 0 Å². The van der Waals surface area contributed by atoms with Gasteiger partial charge in [0, 0.05) is 18.1 Å². The van der Waals surface area contributed by atoms with Crippen LogP contribution in [0.25, 0.3) is 0 Å². The van der Waals surface area contributed by atoms with Crippen molar-refractivity contribution in [2.75, 3.05) is 19.8 Å². The number of hydrogen-bond acceptors (Lipinski definition) is 4. The summed E-state index contributed by atoms with van der Waals surface area (Å²) >= 11 is 0. The average molecular weight is 257 g/mol. The molecule has 0 radical (unpaired) electrons. The van der Waals surface area contributed by atoms with Crippen molar-refractivity contribution in [2.24, 2.45) is 5.41 Å². The Morgan fingerprint density at radius 2 is 1.94 bits per heavy atom. The quantitative estimate of drug-likeness (QED) is 0.638. The Bertz CT molecular complexity index is 266. The Hall–Kier alpha value is -0.160. The molecule has 2 unspecified atom stereocenters. The van der Waals surface area contributed by atoms with Gasteiger partial charge in [-0.1, -0.05) is 13.3 Å². The number of nitrogens with one attached hydrogen (secondary N) is 1. The monoisotopic (exact) mass is 257 g/mol. The number of rotatable bonds is 7. The molecule has 106 valence electrons. The molecule has 18 heavy (non-hydrogen) atoms. The van der Waals surface area contributed by atoms with Crippen LogP contribution >= 0.6 is 0 Å². The smallest absolute Gasteiger partial charge is 0.0661 e. The van der Waals surface area contributed by atoms with E-state index in [0.717, 1.165) is 19.4 Å². The second-order valence-corrected chi connectivity index (χ2v) is 5.91. The summed E-state index contributed by atoms with van der Waals surface area (Å²) in [4.78, 5) is 0. The van der Waals surface area contributed by atoms with E-state index in [4.69, 9.17) is 4.74 Å². The highest BCUT2D eigenvalue weighted by molar-refractivity contribution is 5.14. The molecule has 0 bridgehead atoms. The summed E-state index contributed by atoms with van der Waals surface area (Å²) in [7, 11) is 0. The molecule has 2 rings (SSSR count). The molecular weight excluding hydrogens is 230 g/mol. The Balaban J connectivity index is 1.98. The molecule has 0 saturated heterocycles. The van der Waals surface area contributed by atoms with E-state index in [1.807, 2.05) is 13.8 Å². The molecule has 0 aromatic rings. The van der Waals surface area contributed by atoms with Gasteiger partial charge in [-0.25, -0.2) is 0 Å². The van der Waals surface area contributed by atoms with Crippen LogP contribution in [0.3, 0.4) is 0 Å². The minimum atomic E-state index is -0.523. The highest BCUT2D eigenvalue weighted by Crippen LogP contribution is 2.57. The fourth-order valence-electron chi connectivity index (χ4n) is 3.48. The molecule has 2 fully saturated rings. The van der Waals surface area contributed by atoms with Gasteiger partial charge in [0.1, 0.15) is 0 Å². The summed E-state index contributed by atoms with van der Waals surface area (Å²) in [6.07, 6.45) is 5.83. The second-order valence-electron chi connectivity index (χ2n) is 5.91. The lowest BCUT2D eigenvalue weighted by Gasteiger charge is -2.62. The first-order valence-electron chi connectivity index (χ1n) is 7.27. The van der Waals surface area contributed by atoms with Crippen molar-refractivity contribution in [1.82, 2.24) is 5.32 Å². The van der Waals surface area contributed by atoms with Crippen LogP contribution in [0.4, 0.5) is 0 Å². The van der Waals surface area contributed by atoms with Crippen LogP contribution in [0.2, 0.25) is 0 Å². The SMILES string of the molecule is CCOC1CC(NC(CC)(CO)CO)C12CCC2. The molecule has 0 aromatic carbocycles. The van der Waals surface area contributed by atoms with Crippen molar-refractivity contribution >= 4 is 0 Å². The highest BCUT2D eigenvalue weighted by Gasteiger charge is 2.59. The van der Waals surface area contributed by atoms with Crippen molar-refractivity contribution in [1.29, 1.82) is 0 Å². The van der Waals surface area contributed by atoms with E-state index in [0.29, 0.717) is 12.1 Å². The summed E-state index contributed by atoms with van der Waals surface area (Å²) in [6.45, 7) is 4.81. The van der Waals surface area contributed by atoms with Crippen molar-refractivity contribution < 1.29 is 14.9 Å². The molecule has 1 spiro atoms. The zero-order valence-electron chi connectivity index (χ0n) is 11.6. The molecule has 2 atom stereocenters. The van der Waals surface area contributed by atoms with Gasteiger partial charge >= 0.3 is 0 Å². The third kappa shape index (κ3) is 2.09. The van der Waals surface area contributed by atoms with Crippen molar-refractivity contribution in [3.63, 3.8) is 0 Å². The van der Waals surface area contributed by atoms with E-state index >= 15 is 0 Å². The maximum absolute atomic E-state index is 9.52. The van der Waals surface area contributed by atoms with E-state index in [9.17, 15) is 10.2 Å². The molecule has 0 amide bonds. The first-order chi connectivity index (χ1) is 8.66. The lowest BCUT2D eigenvalue weighted by atomic mass is 9.50. The van der Waals surface area contributed by atoms with Crippen molar-refractivity contribution in [3.05, 3.63) is 0 Å². The first-order valence-corrected chi connectivity index (χ1v) is 7.27.